The van der Waals surface area contributed by atoms with E-state index in [1.165, 1.54) is 6.20 Å². The second-order valence-corrected chi connectivity index (χ2v) is 5.85. The van der Waals surface area contributed by atoms with Gasteiger partial charge in [0, 0.05) is 36.1 Å². The van der Waals surface area contributed by atoms with Gasteiger partial charge in [0.1, 0.15) is 0 Å². The number of pyridine rings is 2. The highest BCUT2D eigenvalue weighted by Gasteiger charge is 2.08. The molecule has 0 aliphatic heterocycles. The summed E-state index contributed by atoms with van der Waals surface area (Å²) in [6, 6.07) is 14.2. The second-order valence-electron chi connectivity index (χ2n) is 5.41. The van der Waals surface area contributed by atoms with Crippen LogP contribution < -0.4 is 10.1 Å². The van der Waals surface area contributed by atoms with E-state index in [2.05, 4.69) is 15.3 Å². The Morgan fingerprint density at radius 1 is 1.12 bits per heavy atom. The van der Waals surface area contributed by atoms with Crippen LogP contribution in [0.4, 0.5) is 0 Å². The van der Waals surface area contributed by atoms with Gasteiger partial charge in [0.05, 0.1) is 5.56 Å². The number of nitrogens with one attached hydrogen (secondary N) is 1. The smallest absolute Gasteiger partial charge is 0.253 e. The van der Waals surface area contributed by atoms with Crippen molar-refractivity contribution in [1.29, 1.82) is 0 Å². The van der Waals surface area contributed by atoms with Crippen LogP contribution in [0.15, 0.2) is 60.9 Å². The number of aromatic nitrogens is 2. The van der Waals surface area contributed by atoms with E-state index in [-0.39, 0.29) is 5.91 Å². The zero-order chi connectivity index (χ0) is 17.6. The summed E-state index contributed by atoms with van der Waals surface area (Å²) in [5.74, 6) is 0.625. The number of hydrogen-bond acceptors (Lipinski definition) is 4. The summed E-state index contributed by atoms with van der Waals surface area (Å²) in [6.45, 7) is 2.38. The Labute approximate surface area is 150 Å². The van der Waals surface area contributed by atoms with Crippen LogP contribution in [0, 0.1) is 6.92 Å². The lowest BCUT2D eigenvalue weighted by Gasteiger charge is -2.09. The lowest BCUT2D eigenvalue weighted by atomic mass is 10.1. The fraction of sp³-hybridized carbons (Fsp3) is 0.105. The van der Waals surface area contributed by atoms with E-state index in [9.17, 15) is 4.79 Å². The average Bonchev–Trinajstić information content (AvgIpc) is 2.62. The number of ether oxygens (including phenoxy) is 1. The summed E-state index contributed by atoms with van der Waals surface area (Å²) in [4.78, 5) is 20.4. The molecule has 25 heavy (non-hydrogen) atoms. The van der Waals surface area contributed by atoms with E-state index in [1.807, 2.05) is 25.1 Å². The maximum atomic E-state index is 12.2. The van der Waals surface area contributed by atoms with Gasteiger partial charge in [-0.05, 0) is 42.3 Å². The van der Waals surface area contributed by atoms with Gasteiger partial charge in [-0.2, -0.15) is 0 Å². The van der Waals surface area contributed by atoms with Crippen molar-refractivity contribution >= 4 is 17.5 Å². The molecule has 126 valence electrons. The van der Waals surface area contributed by atoms with Gasteiger partial charge in [-0.1, -0.05) is 23.7 Å². The van der Waals surface area contributed by atoms with E-state index in [1.54, 1.807) is 36.5 Å². The Kier molecular flexibility index (Phi) is 5.26. The normalized spacial score (nSPS) is 10.3. The van der Waals surface area contributed by atoms with Crippen molar-refractivity contribution in [2.75, 3.05) is 0 Å². The SMILES string of the molecule is Cc1cc(Cl)ccc1CNC(=O)c1ccc(Oc2ccccn2)nc1. The molecule has 0 atom stereocenters. The predicted molar refractivity (Wildman–Crippen MR) is 95.9 cm³/mol. The Bertz CT molecular complexity index is 868. The van der Waals surface area contributed by atoms with Crippen LogP contribution in [-0.2, 0) is 6.54 Å². The molecule has 0 aliphatic rings. The van der Waals surface area contributed by atoms with Gasteiger partial charge in [-0.15, -0.1) is 0 Å². The summed E-state index contributed by atoms with van der Waals surface area (Å²) in [6.07, 6.45) is 3.11. The van der Waals surface area contributed by atoms with Crippen molar-refractivity contribution in [3.8, 4) is 11.8 Å². The summed E-state index contributed by atoms with van der Waals surface area (Å²) in [5.41, 5.74) is 2.51. The van der Waals surface area contributed by atoms with E-state index in [4.69, 9.17) is 16.3 Å². The first kappa shape index (κ1) is 16.9. The van der Waals surface area contributed by atoms with Gasteiger partial charge in [0.25, 0.3) is 5.91 Å². The van der Waals surface area contributed by atoms with Crippen molar-refractivity contribution in [1.82, 2.24) is 15.3 Å². The lowest BCUT2D eigenvalue weighted by molar-refractivity contribution is 0.0950. The number of rotatable bonds is 5. The molecule has 0 unspecified atom stereocenters. The third-order valence-electron chi connectivity index (χ3n) is 3.59. The number of aryl methyl sites for hydroxylation is 1. The molecular formula is C19H16ClN3O2. The highest BCUT2D eigenvalue weighted by molar-refractivity contribution is 6.30. The first-order valence-electron chi connectivity index (χ1n) is 7.70. The van der Waals surface area contributed by atoms with Crippen LogP contribution in [0.25, 0.3) is 0 Å². The number of amides is 1. The molecule has 2 aromatic heterocycles. The number of carbonyl (C=O) groups excluding carboxylic acids is 1. The minimum Gasteiger partial charge on any atom is -0.421 e. The van der Waals surface area contributed by atoms with E-state index < -0.39 is 0 Å². The minimum absolute atomic E-state index is 0.203. The molecule has 6 heteroatoms. The molecule has 0 bridgehead atoms. The molecule has 0 saturated heterocycles. The molecule has 2 heterocycles. The number of halogens is 1. The minimum atomic E-state index is -0.203. The molecular weight excluding hydrogens is 338 g/mol. The number of hydrogen-bond donors (Lipinski definition) is 1. The zero-order valence-corrected chi connectivity index (χ0v) is 14.3. The molecule has 0 fully saturated rings. The van der Waals surface area contributed by atoms with Gasteiger partial charge in [0.15, 0.2) is 0 Å². The molecule has 0 aliphatic carbocycles. The predicted octanol–water partition coefficient (Wildman–Crippen LogP) is 4.16. The van der Waals surface area contributed by atoms with Gasteiger partial charge >= 0.3 is 0 Å². The van der Waals surface area contributed by atoms with Crippen molar-refractivity contribution in [2.45, 2.75) is 13.5 Å². The zero-order valence-electron chi connectivity index (χ0n) is 13.6. The molecule has 1 N–H and O–H groups in total. The maximum Gasteiger partial charge on any atom is 0.253 e. The molecule has 1 amide bonds. The number of benzene rings is 1. The van der Waals surface area contributed by atoms with Crippen LogP contribution in [-0.4, -0.2) is 15.9 Å². The molecule has 0 spiro atoms. The van der Waals surface area contributed by atoms with Crippen LogP contribution >= 0.6 is 11.6 Å². The highest BCUT2D eigenvalue weighted by Crippen LogP contribution is 2.17. The molecule has 3 aromatic rings. The summed E-state index contributed by atoms with van der Waals surface area (Å²) in [7, 11) is 0. The monoisotopic (exact) mass is 353 g/mol. The summed E-state index contributed by atoms with van der Waals surface area (Å²) in [5, 5.41) is 3.55. The summed E-state index contributed by atoms with van der Waals surface area (Å²) < 4.78 is 5.50. The molecule has 3 rings (SSSR count). The third-order valence-corrected chi connectivity index (χ3v) is 3.82. The number of carbonyl (C=O) groups is 1. The van der Waals surface area contributed by atoms with Crippen LogP contribution in [0.5, 0.6) is 11.8 Å². The van der Waals surface area contributed by atoms with Gasteiger partial charge < -0.3 is 10.1 Å². The first-order valence-corrected chi connectivity index (χ1v) is 8.08. The van der Waals surface area contributed by atoms with E-state index in [0.717, 1.165) is 11.1 Å². The van der Waals surface area contributed by atoms with Crippen LogP contribution in [0.2, 0.25) is 5.02 Å². The summed E-state index contributed by atoms with van der Waals surface area (Å²) >= 11 is 5.94. The average molecular weight is 354 g/mol. The Morgan fingerprint density at radius 2 is 1.96 bits per heavy atom. The molecule has 0 saturated carbocycles. The van der Waals surface area contributed by atoms with Crippen molar-refractivity contribution in [3.63, 3.8) is 0 Å². The van der Waals surface area contributed by atoms with Gasteiger partial charge in [-0.3, -0.25) is 4.79 Å². The highest BCUT2D eigenvalue weighted by atomic mass is 35.5. The van der Waals surface area contributed by atoms with Gasteiger partial charge in [-0.25, -0.2) is 9.97 Å². The van der Waals surface area contributed by atoms with Crippen molar-refractivity contribution < 1.29 is 9.53 Å². The largest absolute Gasteiger partial charge is 0.421 e. The molecule has 0 radical (unpaired) electrons. The van der Waals surface area contributed by atoms with E-state index in [0.29, 0.717) is 28.9 Å². The van der Waals surface area contributed by atoms with Crippen LogP contribution in [0.1, 0.15) is 21.5 Å². The maximum absolute atomic E-state index is 12.2. The Morgan fingerprint density at radius 3 is 2.64 bits per heavy atom. The van der Waals surface area contributed by atoms with Crippen LogP contribution in [0.3, 0.4) is 0 Å². The van der Waals surface area contributed by atoms with E-state index >= 15 is 0 Å². The fourth-order valence-corrected chi connectivity index (χ4v) is 2.45. The Balaban J connectivity index is 1.60. The lowest BCUT2D eigenvalue weighted by Crippen LogP contribution is -2.23. The molecule has 5 nitrogen and oxygen atoms in total. The quantitative estimate of drug-likeness (QED) is 0.748. The second kappa shape index (κ2) is 7.77. The standard InChI is InChI=1S/C19H16ClN3O2/c1-13-10-16(20)7-5-14(13)11-23-19(24)15-6-8-18(22-12-15)25-17-4-2-3-9-21-17/h2-10,12H,11H2,1H3,(H,23,24). The Hall–Kier alpha value is -2.92. The molecule has 1 aromatic carbocycles. The first-order chi connectivity index (χ1) is 12.1. The topological polar surface area (TPSA) is 64.1 Å². The van der Waals surface area contributed by atoms with Gasteiger partial charge in [0.2, 0.25) is 11.8 Å². The van der Waals surface area contributed by atoms with Crippen molar-refractivity contribution in [3.05, 3.63) is 82.6 Å². The number of nitrogens with zero attached hydrogens (tertiary/aromatic N) is 2. The fourth-order valence-electron chi connectivity index (χ4n) is 2.22. The van der Waals surface area contributed by atoms with Crippen molar-refractivity contribution in [2.24, 2.45) is 0 Å². The third kappa shape index (κ3) is 4.55.